The average molecular weight is 1600 g/mol. The second-order valence-electron chi connectivity index (χ2n) is 37.4. The third-order valence-electron chi connectivity index (χ3n) is 26.3. The molecule has 0 radical (unpaired) electrons. The summed E-state index contributed by atoms with van der Waals surface area (Å²) in [6.07, 6.45) is 116. The molecular formula is C111H197N5. The molecule has 2 N–H and O–H groups in total. The fraction of sp³-hybridized carbons (Fsp3) is 0.811. The molecule has 0 saturated heterocycles. The Kier molecular flexibility index (Phi) is 71.9. The van der Waals surface area contributed by atoms with E-state index < -0.39 is 0 Å². The molecule has 1 heterocycles. The number of aryl methyl sites for hydroxylation is 4. The van der Waals surface area contributed by atoms with Gasteiger partial charge in [0.25, 0.3) is 0 Å². The van der Waals surface area contributed by atoms with Crippen molar-refractivity contribution in [2.45, 2.75) is 581 Å². The fourth-order valence-electron chi connectivity index (χ4n) is 18.7. The van der Waals surface area contributed by atoms with Crippen molar-refractivity contribution in [3.63, 3.8) is 0 Å². The van der Waals surface area contributed by atoms with Crippen molar-refractivity contribution < 1.29 is 0 Å². The minimum absolute atomic E-state index is 0.642. The number of benzene rings is 3. The van der Waals surface area contributed by atoms with E-state index >= 15 is 0 Å². The van der Waals surface area contributed by atoms with Crippen molar-refractivity contribution >= 4 is 23.3 Å². The molecule has 0 aliphatic rings. The molecule has 0 fully saturated rings. The zero-order valence-electron chi connectivity index (χ0n) is 78.9. The van der Waals surface area contributed by atoms with Crippen LogP contribution in [0.15, 0.2) is 54.6 Å². The molecule has 1 aromatic heterocycles. The van der Waals surface area contributed by atoms with E-state index in [-0.39, 0.29) is 0 Å². The summed E-state index contributed by atoms with van der Waals surface area (Å²) in [5.41, 5.74) is 13.0. The van der Waals surface area contributed by atoms with E-state index in [2.05, 4.69) is 107 Å². The van der Waals surface area contributed by atoms with Gasteiger partial charge in [-0.05, 0) is 135 Å². The molecule has 4 rings (SSSR count). The number of nitrogens with one attached hydrogen (secondary N) is 2. The standard InChI is InChI=1S/C111H197N5/c1-7-13-19-25-31-37-43-49-55-61-67-73-80-90-101-96-105(97-102(91-81-74-68-62-56-50-44-38-32-26-20-14-8-2)107(101)94-86-77-71-65-59-53-47-41-35-29-23-17-11-5)112-110-114-109(100-88-84-79-85-89-100)115-111(116-110)113-106-98-103(92-82-75-69-63-57-51-45-39-33-27-21-15-9-3)108(95-87-78-72-66-60-54-48-42-36-30-24-18-12-6)104(99-106)93-83-76-70-64-58-52-46-40-34-28-22-16-10-4/h79,84-85,88-89,96-99H,7-78,80-83,86-87,90-95H2,1-6H3,(H2,112,113,114,115,116). The van der Waals surface area contributed by atoms with Crippen molar-refractivity contribution in [1.82, 2.24) is 15.0 Å². The largest absolute Gasteiger partial charge is 0.324 e. The topological polar surface area (TPSA) is 62.7 Å². The smallest absolute Gasteiger partial charge is 0.232 e. The molecule has 116 heavy (non-hydrogen) atoms. The zero-order chi connectivity index (χ0) is 82.2. The number of anilines is 4. The number of aromatic nitrogens is 3. The summed E-state index contributed by atoms with van der Waals surface area (Å²) >= 11 is 0. The van der Waals surface area contributed by atoms with Gasteiger partial charge in [0, 0.05) is 16.9 Å². The Morgan fingerprint density at radius 2 is 0.345 bits per heavy atom. The summed E-state index contributed by atoms with van der Waals surface area (Å²) in [5.74, 6) is 2.01. The van der Waals surface area contributed by atoms with Gasteiger partial charge in [-0.3, -0.25) is 0 Å². The summed E-state index contributed by atoms with van der Waals surface area (Å²) < 4.78 is 0. The Morgan fingerprint density at radius 3 is 0.526 bits per heavy atom. The lowest BCUT2D eigenvalue weighted by atomic mass is 9.89. The second kappa shape index (κ2) is 79.7. The second-order valence-corrected chi connectivity index (χ2v) is 37.4. The van der Waals surface area contributed by atoms with E-state index in [0.717, 1.165) is 48.4 Å². The predicted octanol–water partition coefficient (Wildman–Crippen LogP) is 38.8. The molecule has 5 heteroatoms. The molecule has 0 unspecified atom stereocenters. The van der Waals surface area contributed by atoms with Crippen LogP contribution in [0, 0.1) is 0 Å². The summed E-state index contributed by atoms with van der Waals surface area (Å²) in [7, 11) is 0. The number of hydrogen-bond acceptors (Lipinski definition) is 5. The molecule has 0 aliphatic heterocycles. The molecule has 0 bridgehead atoms. The minimum Gasteiger partial charge on any atom is -0.324 e. The lowest BCUT2D eigenvalue weighted by Crippen LogP contribution is -2.09. The number of hydrogen-bond donors (Lipinski definition) is 2. The molecule has 666 valence electrons. The number of unbranched alkanes of at least 4 members (excludes halogenated alkanes) is 72. The summed E-state index contributed by atoms with van der Waals surface area (Å²) in [5, 5.41) is 7.98. The van der Waals surface area contributed by atoms with E-state index in [0.29, 0.717) is 11.9 Å². The van der Waals surface area contributed by atoms with Crippen molar-refractivity contribution in [3.05, 3.63) is 88.0 Å². The highest BCUT2D eigenvalue weighted by atomic mass is 15.2. The first-order valence-electron chi connectivity index (χ1n) is 53.2. The first-order valence-corrected chi connectivity index (χ1v) is 53.2. The lowest BCUT2D eigenvalue weighted by Gasteiger charge is -2.20. The van der Waals surface area contributed by atoms with Crippen molar-refractivity contribution in [3.8, 4) is 11.4 Å². The molecule has 0 spiro atoms. The Hall–Kier alpha value is -3.73. The van der Waals surface area contributed by atoms with Crippen LogP contribution in [0.4, 0.5) is 23.3 Å². The van der Waals surface area contributed by atoms with Crippen LogP contribution < -0.4 is 10.6 Å². The van der Waals surface area contributed by atoms with Gasteiger partial charge in [0.1, 0.15) is 0 Å². The highest BCUT2D eigenvalue weighted by Crippen LogP contribution is 2.34. The van der Waals surface area contributed by atoms with Crippen LogP contribution in [0.2, 0.25) is 0 Å². The number of rotatable bonds is 89. The van der Waals surface area contributed by atoms with Crippen LogP contribution in [0.3, 0.4) is 0 Å². The normalized spacial score (nSPS) is 11.7. The van der Waals surface area contributed by atoms with Gasteiger partial charge in [0.15, 0.2) is 5.82 Å². The van der Waals surface area contributed by atoms with Crippen LogP contribution in [0.1, 0.15) is 576 Å². The first kappa shape index (κ1) is 105. The third kappa shape index (κ3) is 58.3. The van der Waals surface area contributed by atoms with Gasteiger partial charge in [0.2, 0.25) is 11.9 Å². The maximum absolute atomic E-state index is 5.46. The molecular weight excluding hydrogens is 1400 g/mol. The fourth-order valence-corrected chi connectivity index (χ4v) is 18.7. The summed E-state index contributed by atoms with van der Waals surface area (Å²) in [6.45, 7) is 14.0. The first-order chi connectivity index (χ1) is 57.5. The molecule has 5 nitrogen and oxygen atoms in total. The summed E-state index contributed by atoms with van der Waals surface area (Å²) in [6, 6.07) is 21.0. The Bertz CT molecular complexity index is 2470. The van der Waals surface area contributed by atoms with Gasteiger partial charge < -0.3 is 10.6 Å². The average Bonchev–Trinajstić information content (AvgIpc) is 0.824. The minimum atomic E-state index is 0.642. The van der Waals surface area contributed by atoms with Gasteiger partial charge in [-0.2, -0.15) is 15.0 Å². The van der Waals surface area contributed by atoms with Crippen molar-refractivity contribution in [2.24, 2.45) is 0 Å². The highest BCUT2D eigenvalue weighted by Gasteiger charge is 2.18. The van der Waals surface area contributed by atoms with Crippen molar-refractivity contribution in [2.75, 3.05) is 10.6 Å². The summed E-state index contributed by atoms with van der Waals surface area (Å²) in [4.78, 5) is 16.2. The van der Waals surface area contributed by atoms with E-state index in [4.69, 9.17) is 15.0 Å². The third-order valence-corrected chi connectivity index (χ3v) is 26.3. The SMILES string of the molecule is CCCCCCCCCCCCCCCc1cc(Nc2nc(Nc3cc(CCCCCCCCCCCCCCC)c(CCCCCCCCCCCCCCC)c(CCCCCCCCCCCCCCC)c3)nc(-c3ccccc3)n2)cc(CCCCCCCCCCCCCCC)c1CCCCCCCCCCCCCCC. The van der Waals surface area contributed by atoms with Gasteiger partial charge in [-0.25, -0.2) is 0 Å². The molecule has 0 atom stereocenters. The molecule has 4 aromatic rings. The molecule has 0 aliphatic carbocycles. The Morgan fingerprint density at radius 1 is 0.181 bits per heavy atom. The maximum Gasteiger partial charge on any atom is 0.232 e. The predicted molar refractivity (Wildman–Crippen MR) is 521 cm³/mol. The van der Waals surface area contributed by atoms with Gasteiger partial charge in [-0.15, -0.1) is 0 Å². The van der Waals surface area contributed by atoms with Gasteiger partial charge >= 0.3 is 0 Å². The van der Waals surface area contributed by atoms with Crippen LogP contribution in [-0.2, 0) is 38.5 Å². The zero-order valence-corrected chi connectivity index (χ0v) is 78.9. The van der Waals surface area contributed by atoms with Crippen LogP contribution in [0.5, 0.6) is 0 Å². The molecule has 3 aromatic carbocycles. The van der Waals surface area contributed by atoms with Crippen molar-refractivity contribution in [1.29, 1.82) is 0 Å². The Labute approximate surface area is 724 Å². The molecule has 0 saturated carbocycles. The van der Waals surface area contributed by atoms with Crippen LogP contribution in [-0.4, -0.2) is 15.0 Å². The number of nitrogens with zero attached hydrogens (tertiary/aromatic N) is 3. The van der Waals surface area contributed by atoms with Gasteiger partial charge in [0.05, 0.1) is 0 Å². The lowest BCUT2D eigenvalue weighted by molar-refractivity contribution is 0.536. The monoisotopic (exact) mass is 1600 g/mol. The van der Waals surface area contributed by atoms with E-state index in [1.54, 1.807) is 33.4 Å². The maximum atomic E-state index is 5.46. The highest BCUT2D eigenvalue weighted by molar-refractivity contribution is 5.66. The molecule has 0 amide bonds. The van der Waals surface area contributed by atoms with Crippen LogP contribution >= 0.6 is 0 Å². The van der Waals surface area contributed by atoms with E-state index in [1.807, 2.05) is 0 Å². The van der Waals surface area contributed by atoms with Crippen LogP contribution in [0.25, 0.3) is 11.4 Å². The van der Waals surface area contributed by atoms with E-state index in [9.17, 15) is 0 Å². The van der Waals surface area contributed by atoms with Gasteiger partial charge in [-0.1, -0.05) is 534 Å². The Balaban J connectivity index is 1.69. The van der Waals surface area contributed by atoms with E-state index in [1.165, 1.54) is 514 Å². The quantitative estimate of drug-likeness (QED) is 0.0431.